The van der Waals surface area contributed by atoms with Crippen molar-refractivity contribution in [2.24, 2.45) is 0 Å². The second-order valence-corrected chi connectivity index (χ2v) is 8.96. The number of aliphatic hydroxyl groups is 1. The Morgan fingerprint density at radius 2 is 1.97 bits per heavy atom. The molecule has 1 aliphatic rings. The van der Waals surface area contributed by atoms with Crippen LogP contribution in [0.3, 0.4) is 0 Å². The van der Waals surface area contributed by atoms with E-state index in [2.05, 4.69) is 37.0 Å². The van der Waals surface area contributed by atoms with E-state index in [-0.39, 0.29) is 0 Å². The highest BCUT2D eigenvalue weighted by Gasteiger charge is 2.37. The standard InChI is InChI=1S/C24H33N7O2/c1-28(2)22-15-23(26-19-25-22)30-12-9-24(32,18-30)17-29(3)16-20-5-7-21(8-6-20)33-14-13-31-11-4-10-27-31/h4-8,10-11,15,19,32H,9,12-14,16-18H2,1-3H3/t24-/m1/s1. The molecule has 0 bridgehead atoms. The van der Waals surface area contributed by atoms with Crippen LogP contribution >= 0.6 is 0 Å². The molecular formula is C24H33N7O2. The maximum atomic E-state index is 11.2. The quantitative estimate of drug-likeness (QED) is 0.501. The van der Waals surface area contributed by atoms with E-state index in [1.54, 1.807) is 12.5 Å². The first-order valence-electron chi connectivity index (χ1n) is 11.2. The predicted molar refractivity (Wildman–Crippen MR) is 129 cm³/mol. The molecule has 1 aliphatic heterocycles. The first-order valence-corrected chi connectivity index (χ1v) is 11.2. The Bertz CT molecular complexity index is 1010. The minimum atomic E-state index is -0.770. The van der Waals surface area contributed by atoms with Crippen molar-refractivity contribution in [1.29, 1.82) is 0 Å². The lowest BCUT2D eigenvalue weighted by Gasteiger charge is -2.29. The molecule has 33 heavy (non-hydrogen) atoms. The summed E-state index contributed by atoms with van der Waals surface area (Å²) in [5, 5.41) is 15.4. The summed E-state index contributed by atoms with van der Waals surface area (Å²) < 4.78 is 7.66. The Morgan fingerprint density at radius 1 is 1.15 bits per heavy atom. The van der Waals surface area contributed by atoms with Gasteiger partial charge in [0.05, 0.1) is 12.1 Å². The van der Waals surface area contributed by atoms with Crippen LogP contribution in [0.5, 0.6) is 5.75 Å². The van der Waals surface area contributed by atoms with Gasteiger partial charge in [0.15, 0.2) is 0 Å². The fraction of sp³-hybridized carbons (Fsp3) is 0.458. The molecule has 3 heterocycles. The molecule has 1 saturated heterocycles. The lowest BCUT2D eigenvalue weighted by Crippen LogP contribution is -2.43. The maximum Gasteiger partial charge on any atom is 0.134 e. The number of β-amino-alcohol motifs (C(OH)–C–C–N with tert-alkyl or cyclic N) is 1. The minimum Gasteiger partial charge on any atom is -0.492 e. The van der Waals surface area contributed by atoms with Crippen molar-refractivity contribution in [3.8, 4) is 5.75 Å². The number of likely N-dealkylation sites (N-methyl/N-ethyl adjacent to an activating group) is 1. The third-order valence-electron chi connectivity index (χ3n) is 5.84. The van der Waals surface area contributed by atoms with Crippen LogP contribution in [0.25, 0.3) is 0 Å². The van der Waals surface area contributed by atoms with Gasteiger partial charge in [-0.2, -0.15) is 5.10 Å². The van der Waals surface area contributed by atoms with Gasteiger partial charge in [0, 0.05) is 58.7 Å². The monoisotopic (exact) mass is 451 g/mol. The van der Waals surface area contributed by atoms with Gasteiger partial charge >= 0.3 is 0 Å². The highest BCUT2D eigenvalue weighted by molar-refractivity contribution is 5.50. The Labute approximate surface area is 195 Å². The summed E-state index contributed by atoms with van der Waals surface area (Å²) in [4.78, 5) is 14.9. The normalized spacial score (nSPS) is 18.2. The van der Waals surface area contributed by atoms with E-state index in [1.807, 2.05) is 61.2 Å². The van der Waals surface area contributed by atoms with Gasteiger partial charge in [-0.25, -0.2) is 9.97 Å². The Hall–Kier alpha value is -3.17. The van der Waals surface area contributed by atoms with Crippen LogP contribution in [0.4, 0.5) is 11.6 Å². The average molecular weight is 452 g/mol. The van der Waals surface area contributed by atoms with E-state index in [9.17, 15) is 5.11 Å². The average Bonchev–Trinajstić information content (AvgIpc) is 3.45. The lowest BCUT2D eigenvalue weighted by molar-refractivity contribution is 0.0279. The van der Waals surface area contributed by atoms with E-state index in [0.29, 0.717) is 26.1 Å². The van der Waals surface area contributed by atoms with Crippen molar-refractivity contribution in [2.75, 3.05) is 57.2 Å². The summed E-state index contributed by atoms with van der Waals surface area (Å²) in [5.41, 5.74) is 0.412. The second-order valence-electron chi connectivity index (χ2n) is 8.96. The predicted octanol–water partition coefficient (Wildman–Crippen LogP) is 1.89. The number of aromatic nitrogens is 4. The maximum absolute atomic E-state index is 11.2. The second kappa shape index (κ2) is 10.2. The largest absolute Gasteiger partial charge is 0.492 e. The van der Waals surface area contributed by atoms with Crippen molar-refractivity contribution < 1.29 is 9.84 Å². The molecule has 3 aromatic rings. The van der Waals surface area contributed by atoms with E-state index in [4.69, 9.17) is 4.74 Å². The molecule has 0 aliphatic carbocycles. The van der Waals surface area contributed by atoms with Crippen LogP contribution in [-0.4, -0.2) is 82.7 Å². The van der Waals surface area contributed by atoms with Crippen LogP contribution in [0.15, 0.2) is 55.1 Å². The van der Waals surface area contributed by atoms with Gasteiger partial charge in [0.25, 0.3) is 0 Å². The van der Waals surface area contributed by atoms with Gasteiger partial charge in [-0.3, -0.25) is 9.58 Å². The van der Waals surface area contributed by atoms with E-state index >= 15 is 0 Å². The molecule has 1 N–H and O–H groups in total. The van der Waals surface area contributed by atoms with Crippen LogP contribution < -0.4 is 14.5 Å². The zero-order valence-electron chi connectivity index (χ0n) is 19.6. The molecule has 4 rings (SSSR count). The number of hydrogen-bond donors (Lipinski definition) is 1. The molecule has 9 heteroatoms. The van der Waals surface area contributed by atoms with Crippen molar-refractivity contribution in [1.82, 2.24) is 24.6 Å². The number of rotatable bonds is 10. The molecule has 1 fully saturated rings. The number of benzene rings is 1. The highest BCUT2D eigenvalue weighted by atomic mass is 16.5. The SMILES string of the molecule is CN(Cc1ccc(OCCn2cccn2)cc1)C[C@]1(O)CCN(c2cc(N(C)C)ncn2)C1. The Kier molecular flexibility index (Phi) is 7.10. The molecule has 0 spiro atoms. The molecule has 0 amide bonds. The summed E-state index contributed by atoms with van der Waals surface area (Å²) in [7, 11) is 5.96. The number of ether oxygens (including phenoxy) is 1. The zero-order chi connectivity index (χ0) is 23.3. The van der Waals surface area contributed by atoms with E-state index in [1.165, 1.54) is 5.56 Å². The van der Waals surface area contributed by atoms with Gasteiger partial charge in [-0.05, 0) is 37.2 Å². The third kappa shape index (κ3) is 6.21. The molecule has 2 aromatic heterocycles. The lowest BCUT2D eigenvalue weighted by atomic mass is 10.0. The van der Waals surface area contributed by atoms with Crippen molar-refractivity contribution >= 4 is 11.6 Å². The first kappa shape index (κ1) is 23.0. The molecular weight excluding hydrogens is 418 g/mol. The number of hydrogen-bond acceptors (Lipinski definition) is 8. The van der Waals surface area contributed by atoms with Gasteiger partial charge in [-0.15, -0.1) is 0 Å². The van der Waals surface area contributed by atoms with Crippen molar-refractivity contribution in [3.63, 3.8) is 0 Å². The first-order chi connectivity index (χ1) is 15.9. The smallest absolute Gasteiger partial charge is 0.134 e. The molecule has 0 unspecified atom stereocenters. The fourth-order valence-electron chi connectivity index (χ4n) is 4.19. The van der Waals surface area contributed by atoms with E-state index in [0.717, 1.165) is 37.0 Å². The highest BCUT2D eigenvalue weighted by Crippen LogP contribution is 2.28. The third-order valence-corrected chi connectivity index (χ3v) is 5.84. The summed E-state index contributed by atoms with van der Waals surface area (Å²) in [6.45, 7) is 3.99. The van der Waals surface area contributed by atoms with Crippen LogP contribution in [0.1, 0.15) is 12.0 Å². The molecule has 0 saturated carbocycles. The van der Waals surface area contributed by atoms with Gasteiger partial charge in [-0.1, -0.05) is 12.1 Å². The summed E-state index contributed by atoms with van der Waals surface area (Å²) >= 11 is 0. The van der Waals surface area contributed by atoms with Crippen LogP contribution in [0, 0.1) is 0 Å². The van der Waals surface area contributed by atoms with Crippen LogP contribution in [-0.2, 0) is 13.1 Å². The van der Waals surface area contributed by atoms with Crippen LogP contribution in [0.2, 0.25) is 0 Å². The Balaban J connectivity index is 1.26. The topological polar surface area (TPSA) is 82.8 Å². The summed E-state index contributed by atoms with van der Waals surface area (Å²) in [5.74, 6) is 2.57. The molecule has 1 atom stereocenters. The molecule has 176 valence electrons. The van der Waals surface area contributed by atoms with Gasteiger partial charge in [0.1, 0.15) is 30.3 Å². The molecule has 9 nitrogen and oxygen atoms in total. The van der Waals surface area contributed by atoms with Gasteiger partial charge < -0.3 is 19.6 Å². The molecule has 1 aromatic carbocycles. The fourth-order valence-corrected chi connectivity index (χ4v) is 4.19. The minimum absolute atomic E-state index is 0.560. The van der Waals surface area contributed by atoms with Gasteiger partial charge in [0.2, 0.25) is 0 Å². The van der Waals surface area contributed by atoms with Crippen molar-refractivity contribution in [2.45, 2.75) is 25.1 Å². The van der Waals surface area contributed by atoms with Crippen molar-refractivity contribution in [3.05, 3.63) is 60.7 Å². The van der Waals surface area contributed by atoms with E-state index < -0.39 is 5.60 Å². The summed E-state index contributed by atoms with van der Waals surface area (Å²) in [6, 6.07) is 12.0. The molecule has 0 radical (unpaired) electrons. The summed E-state index contributed by atoms with van der Waals surface area (Å²) in [6.07, 6.45) is 5.98. The number of anilines is 2. The number of nitrogens with zero attached hydrogens (tertiary/aromatic N) is 7. The Morgan fingerprint density at radius 3 is 2.70 bits per heavy atom. The zero-order valence-corrected chi connectivity index (χ0v) is 19.6.